The van der Waals surface area contributed by atoms with Crippen LogP contribution in [0.2, 0.25) is 0 Å². The fourth-order valence-electron chi connectivity index (χ4n) is 1.59. The van der Waals surface area contributed by atoms with Gasteiger partial charge >= 0.3 is 0 Å². The van der Waals surface area contributed by atoms with Crippen LogP contribution in [-0.4, -0.2) is 19.3 Å². The van der Waals surface area contributed by atoms with Gasteiger partial charge in [-0.05, 0) is 24.1 Å². The summed E-state index contributed by atoms with van der Waals surface area (Å²) in [6.45, 7) is 3.39. The number of anilines is 1. The van der Waals surface area contributed by atoms with E-state index < -0.39 is 0 Å². The molecular formula is C12H15NO3. The zero-order chi connectivity index (χ0) is 12.1. The van der Waals surface area contributed by atoms with Crippen molar-refractivity contribution in [2.24, 2.45) is 0 Å². The van der Waals surface area contributed by atoms with Gasteiger partial charge in [0.15, 0.2) is 6.29 Å². The average molecular weight is 221 g/mol. The Kier molecular flexibility index (Phi) is 4.05. The maximum Gasteiger partial charge on any atom is 0.221 e. The van der Waals surface area contributed by atoms with E-state index in [9.17, 15) is 9.59 Å². The lowest BCUT2D eigenvalue weighted by Crippen LogP contribution is -2.07. The standard InChI is InChI=1S/C12H15NO3/c1-4-9-5-11(13-8(2)15)6-10(7-14)12(9)16-3/h5-7H,4H2,1-3H3,(H,13,15). The Morgan fingerprint density at radius 2 is 2.19 bits per heavy atom. The van der Waals surface area contributed by atoms with E-state index in [1.807, 2.05) is 13.0 Å². The largest absolute Gasteiger partial charge is 0.496 e. The summed E-state index contributed by atoms with van der Waals surface area (Å²) in [5, 5.41) is 2.65. The van der Waals surface area contributed by atoms with Crippen LogP contribution < -0.4 is 10.1 Å². The van der Waals surface area contributed by atoms with Gasteiger partial charge in [0.25, 0.3) is 0 Å². The second-order valence-electron chi connectivity index (χ2n) is 3.41. The number of amides is 1. The summed E-state index contributed by atoms with van der Waals surface area (Å²) in [5.41, 5.74) is 1.97. The summed E-state index contributed by atoms with van der Waals surface area (Å²) < 4.78 is 5.17. The topological polar surface area (TPSA) is 55.4 Å². The maximum atomic E-state index is 10.9. The molecule has 16 heavy (non-hydrogen) atoms. The monoisotopic (exact) mass is 221 g/mol. The van der Waals surface area contributed by atoms with Crippen LogP contribution >= 0.6 is 0 Å². The lowest BCUT2D eigenvalue weighted by molar-refractivity contribution is -0.114. The number of ether oxygens (including phenoxy) is 1. The second kappa shape index (κ2) is 5.30. The van der Waals surface area contributed by atoms with Crippen molar-refractivity contribution in [2.75, 3.05) is 12.4 Å². The molecule has 0 atom stereocenters. The van der Waals surface area contributed by atoms with Crippen LogP contribution in [0.5, 0.6) is 5.75 Å². The fourth-order valence-corrected chi connectivity index (χ4v) is 1.59. The minimum Gasteiger partial charge on any atom is -0.496 e. The third-order valence-electron chi connectivity index (χ3n) is 2.23. The van der Waals surface area contributed by atoms with Crippen molar-refractivity contribution >= 4 is 17.9 Å². The van der Waals surface area contributed by atoms with Gasteiger partial charge in [-0.2, -0.15) is 0 Å². The number of aryl methyl sites for hydroxylation is 1. The molecule has 1 aromatic rings. The molecule has 0 aliphatic carbocycles. The first-order chi connectivity index (χ1) is 7.62. The molecule has 0 aliphatic heterocycles. The number of carbonyl (C=O) groups excluding carboxylic acids is 2. The fraction of sp³-hybridized carbons (Fsp3) is 0.333. The van der Waals surface area contributed by atoms with Crippen molar-refractivity contribution in [1.82, 2.24) is 0 Å². The van der Waals surface area contributed by atoms with Gasteiger partial charge in [-0.3, -0.25) is 9.59 Å². The number of methoxy groups -OCH3 is 1. The van der Waals surface area contributed by atoms with Crippen molar-refractivity contribution in [3.05, 3.63) is 23.3 Å². The van der Waals surface area contributed by atoms with Gasteiger partial charge in [0.1, 0.15) is 5.75 Å². The van der Waals surface area contributed by atoms with Gasteiger partial charge in [0.2, 0.25) is 5.91 Å². The van der Waals surface area contributed by atoms with Crippen LogP contribution in [0.25, 0.3) is 0 Å². The molecule has 0 radical (unpaired) electrons. The highest BCUT2D eigenvalue weighted by molar-refractivity contribution is 5.91. The Labute approximate surface area is 94.6 Å². The van der Waals surface area contributed by atoms with E-state index >= 15 is 0 Å². The summed E-state index contributed by atoms with van der Waals surface area (Å²) in [7, 11) is 1.53. The summed E-state index contributed by atoms with van der Waals surface area (Å²) in [5.74, 6) is 0.413. The number of hydrogen-bond donors (Lipinski definition) is 1. The molecule has 0 aliphatic rings. The van der Waals surface area contributed by atoms with Gasteiger partial charge < -0.3 is 10.1 Å². The first-order valence-electron chi connectivity index (χ1n) is 5.06. The lowest BCUT2D eigenvalue weighted by Gasteiger charge is -2.12. The van der Waals surface area contributed by atoms with E-state index in [0.717, 1.165) is 18.3 Å². The van der Waals surface area contributed by atoms with Crippen molar-refractivity contribution in [3.8, 4) is 5.75 Å². The number of nitrogens with one attached hydrogen (secondary N) is 1. The van der Waals surface area contributed by atoms with E-state index in [0.29, 0.717) is 17.0 Å². The molecule has 0 aromatic heterocycles. The molecule has 0 fully saturated rings. The van der Waals surface area contributed by atoms with Gasteiger partial charge in [0, 0.05) is 12.6 Å². The first kappa shape index (κ1) is 12.2. The van der Waals surface area contributed by atoms with Gasteiger partial charge in [-0.15, -0.1) is 0 Å². The average Bonchev–Trinajstić information content (AvgIpc) is 2.26. The summed E-state index contributed by atoms with van der Waals surface area (Å²) in [4.78, 5) is 21.8. The highest BCUT2D eigenvalue weighted by Gasteiger charge is 2.10. The molecule has 0 heterocycles. The Morgan fingerprint density at radius 1 is 1.50 bits per heavy atom. The Morgan fingerprint density at radius 3 is 2.62 bits per heavy atom. The normalized spacial score (nSPS) is 9.69. The molecule has 1 rings (SSSR count). The molecule has 1 amide bonds. The number of carbonyl (C=O) groups is 2. The molecule has 0 bridgehead atoms. The third kappa shape index (κ3) is 2.59. The van der Waals surface area contributed by atoms with Crippen LogP contribution in [0.4, 0.5) is 5.69 Å². The molecule has 0 saturated heterocycles. The van der Waals surface area contributed by atoms with Crippen LogP contribution in [-0.2, 0) is 11.2 Å². The molecule has 1 N–H and O–H groups in total. The zero-order valence-electron chi connectivity index (χ0n) is 9.66. The number of hydrogen-bond acceptors (Lipinski definition) is 3. The molecule has 1 aromatic carbocycles. The summed E-state index contributed by atoms with van der Waals surface area (Å²) in [6.07, 6.45) is 1.46. The number of benzene rings is 1. The van der Waals surface area contributed by atoms with Crippen LogP contribution in [0.1, 0.15) is 29.8 Å². The quantitative estimate of drug-likeness (QED) is 0.791. The Hall–Kier alpha value is -1.84. The van der Waals surface area contributed by atoms with Crippen molar-refractivity contribution < 1.29 is 14.3 Å². The molecule has 4 nitrogen and oxygen atoms in total. The van der Waals surface area contributed by atoms with E-state index in [2.05, 4.69) is 5.32 Å². The molecule has 0 unspecified atom stereocenters. The molecule has 0 spiro atoms. The molecule has 4 heteroatoms. The van der Waals surface area contributed by atoms with Crippen molar-refractivity contribution in [2.45, 2.75) is 20.3 Å². The highest BCUT2D eigenvalue weighted by atomic mass is 16.5. The van der Waals surface area contributed by atoms with Crippen LogP contribution in [0, 0.1) is 0 Å². The Balaban J connectivity index is 3.25. The predicted molar refractivity (Wildman–Crippen MR) is 62.1 cm³/mol. The maximum absolute atomic E-state index is 10.9. The smallest absolute Gasteiger partial charge is 0.221 e. The molecule has 86 valence electrons. The zero-order valence-corrected chi connectivity index (χ0v) is 9.66. The van der Waals surface area contributed by atoms with Crippen molar-refractivity contribution in [3.63, 3.8) is 0 Å². The Bertz CT molecular complexity index is 413. The van der Waals surface area contributed by atoms with Gasteiger partial charge in [-0.1, -0.05) is 6.92 Å². The van der Waals surface area contributed by atoms with Crippen LogP contribution in [0.15, 0.2) is 12.1 Å². The summed E-state index contributed by atoms with van der Waals surface area (Å²) in [6, 6.07) is 3.42. The minimum absolute atomic E-state index is 0.163. The van der Waals surface area contributed by atoms with Crippen LogP contribution in [0.3, 0.4) is 0 Å². The van der Waals surface area contributed by atoms with Gasteiger partial charge in [0.05, 0.1) is 12.7 Å². The number of aldehydes is 1. The minimum atomic E-state index is -0.163. The second-order valence-corrected chi connectivity index (χ2v) is 3.41. The third-order valence-corrected chi connectivity index (χ3v) is 2.23. The van der Waals surface area contributed by atoms with Gasteiger partial charge in [-0.25, -0.2) is 0 Å². The van der Waals surface area contributed by atoms with E-state index in [1.54, 1.807) is 6.07 Å². The van der Waals surface area contributed by atoms with E-state index in [1.165, 1.54) is 14.0 Å². The number of rotatable bonds is 4. The predicted octanol–water partition coefficient (Wildman–Crippen LogP) is 2.03. The van der Waals surface area contributed by atoms with E-state index in [-0.39, 0.29) is 5.91 Å². The lowest BCUT2D eigenvalue weighted by atomic mass is 10.1. The van der Waals surface area contributed by atoms with Crippen molar-refractivity contribution in [1.29, 1.82) is 0 Å². The molecular weight excluding hydrogens is 206 g/mol. The SMILES string of the molecule is CCc1cc(NC(C)=O)cc(C=O)c1OC. The highest BCUT2D eigenvalue weighted by Crippen LogP contribution is 2.27. The molecule has 0 saturated carbocycles. The first-order valence-corrected chi connectivity index (χ1v) is 5.06. The van der Waals surface area contributed by atoms with E-state index in [4.69, 9.17) is 4.74 Å². The summed E-state index contributed by atoms with van der Waals surface area (Å²) >= 11 is 0.